The number of nitrogens with zero attached hydrogens (tertiary/aromatic N) is 5. The van der Waals surface area contributed by atoms with Crippen molar-refractivity contribution >= 4 is 11.6 Å². The van der Waals surface area contributed by atoms with Crippen LogP contribution in [-0.4, -0.2) is 30.4 Å². The largest absolute Gasteiger partial charge is 0.463 e. The number of aromatic amines is 1. The minimum Gasteiger partial charge on any atom is -0.463 e. The number of hydrogen-bond donors (Lipinski definition) is 2. The Labute approximate surface area is 153 Å². The fourth-order valence-corrected chi connectivity index (χ4v) is 3.38. The zero-order valence-electron chi connectivity index (χ0n) is 14.4. The van der Waals surface area contributed by atoms with Crippen LogP contribution in [0.3, 0.4) is 0 Å². The number of tetrazole rings is 1. The van der Waals surface area contributed by atoms with Crippen LogP contribution in [0.4, 0.5) is 11.6 Å². The molecule has 9 nitrogen and oxygen atoms in total. The lowest BCUT2D eigenvalue weighted by molar-refractivity contribution is 0.554. The van der Waals surface area contributed by atoms with Gasteiger partial charge in [-0.2, -0.15) is 9.78 Å². The first-order chi connectivity index (χ1) is 13.3. The first-order valence-corrected chi connectivity index (χ1v) is 8.56. The second-order valence-corrected chi connectivity index (χ2v) is 6.24. The summed E-state index contributed by atoms with van der Waals surface area (Å²) in [5.74, 6) is 0.949. The van der Waals surface area contributed by atoms with Crippen LogP contribution in [0.15, 0.2) is 51.9 Å². The van der Waals surface area contributed by atoms with Crippen molar-refractivity contribution in [2.24, 2.45) is 0 Å². The van der Waals surface area contributed by atoms with Crippen LogP contribution < -0.4 is 10.9 Å². The molecule has 1 aliphatic rings. The molecular formula is C18H15N7O2. The lowest BCUT2D eigenvalue weighted by atomic mass is 9.93. The molecule has 0 spiro atoms. The highest BCUT2D eigenvalue weighted by Crippen LogP contribution is 2.40. The van der Waals surface area contributed by atoms with E-state index in [1.165, 1.54) is 5.56 Å². The van der Waals surface area contributed by atoms with E-state index in [0.717, 1.165) is 12.0 Å². The highest BCUT2D eigenvalue weighted by Gasteiger charge is 2.34. The number of aryl methyl sites for hydroxylation is 1. The Balaban J connectivity index is 1.79. The molecule has 0 saturated heterocycles. The van der Waals surface area contributed by atoms with Gasteiger partial charge in [0.1, 0.15) is 17.4 Å². The van der Waals surface area contributed by atoms with E-state index in [1.54, 1.807) is 23.1 Å². The number of nitrogens with one attached hydrogen (secondary N) is 2. The van der Waals surface area contributed by atoms with E-state index in [4.69, 9.17) is 4.42 Å². The first kappa shape index (κ1) is 15.5. The van der Waals surface area contributed by atoms with Crippen LogP contribution in [0, 0.1) is 0 Å². The van der Waals surface area contributed by atoms with Gasteiger partial charge in [-0.05, 0) is 40.1 Å². The van der Waals surface area contributed by atoms with Gasteiger partial charge in [0, 0.05) is 5.56 Å². The molecule has 1 aliphatic heterocycles. The lowest BCUT2D eigenvalue weighted by Gasteiger charge is -2.27. The van der Waals surface area contributed by atoms with Crippen molar-refractivity contribution in [3.05, 3.63) is 69.7 Å². The Kier molecular flexibility index (Phi) is 3.39. The Bertz CT molecular complexity index is 1160. The van der Waals surface area contributed by atoms with Gasteiger partial charge in [-0.1, -0.05) is 36.3 Å². The van der Waals surface area contributed by atoms with E-state index < -0.39 is 6.04 Å². The number of aromatic nitrogens is 6. The molecule has 0 saturated carbocycles. The number of fused-ring (bicyclic) bond motifs is 2. The smallest absolute Gasteiger partial charge is 0.288 e. The Hall–Kier alpha value is -3.75. The number of rotatable bonds is 3. The van der Waals surface area contributed by atoms with Crippen molar-refractivity contribution in [1.82, 2.24) is 30.4 Å². The van der Waals surface area contributed by atoms with E-state index in [1.807, 2.05) is 12.1 Å². The second kappa shape index (κ2) is 5.90. The monoisotopic (exact) mass is 361 g/mol. The molecule has 27 heavy (non-hydrogen) atoms. The molecule has 0 amide bonds. The van der Waals surface area contributed by atoms with Gasteiger partial charge in [0.15, 0.2) is 5.76 Å². The van der Waals surface area contributed by atoms with E-state index in [2.05, 4.69) is 50.1 Å². The molecule has 4 aromatic rings. The summed E-state index contributed by atoms with van der Waals surface area (Å²) in [6.07, 6.45) is 2.51. The van der Waals surface area contributed by atoms with E-state index in [-0.39, 0.29) is 5.56 Å². The third-order valence-electron chi connectivity index (χ3n) is 4.73. The predicted molar refractivity (Wildman–Crippen MR) is 96.7 cm³/mol. The van der Waals surface area contributed by atoms with Gasteiger partial charge in [0.05, 0.1) is 6.26 Å². The average Bonchev–Trinajstić information content (AvgIpc) is 3.39. The summed E-state index contributed by atoms with van der Waals surface area (Å²) in [5, 5.41) is 21.7. The third kappa shape index (κ3) is 2.35. The number of benzene rings is 1. The molecule has 5 rings (SSSR count). The molecule has 134 valence electrons. The number of H-pyrrole nitrogens is 1. The summed E-state index contributed by atoms with van der Waals surface area (Å²) in [6, 6.07) is 11.3. The topological polar surface area (TPSA) is 115 Å². The molecular weight excluding hydrogens is 346 g/mol. The fraction of sp³-hybridized carbons (Fsp3) is 0.167. The summed E-state index contributed by atoms with van der Waals surface area (Å²) in [7, 11) is 0. The molecule has 9 heteroatoms. The lowest BCUT2D eigenvalue weighted by Crippen LogP contribution is -2.29. The van der Waals surface area contributed by atoms with E-state index in [9.17, 15) is 4.79 Å². The van der Waals surface area contributed by atoms with Crippen molar-refractivity contribution in [2.75, 3.05) is 5.32 Å². The number of furan rings is 1. The zero-order chi connectivity index (χ0) is 18.4. The number of anilines is 2. The van der Waals surface area contributed by atoms with Crippen LogP contribution in [0.5, 0.6) is 0 Å². The summed E-state index contributed by atoms with van der Waals surface area (Å²) in [4.78, 5) is 12.5. The molecule has 0 bridgehead atoms. The van der Waals surface area contributed by atoms with Crippen LogP contribution in [0.25, 0.3) is 11.5 Å². The maximum Gasteiger partial charge on any atom is 0.288 e. The Morgan fingerprint density at radius 1 is 1.22 bits per heavy atom. The molecule has 1 atom stereocenters. The van der Waals surface area contributed by atoms with Gasteiger partial charge in [0.2, 0.25) is 5.95 Å². The summed E-state index contributed by atoms with van der Waals surface area (Å²) < 4.78 is 7.19. The highest BCUT2D eigenvalue weighted by molar-refractivity contribution is 5.73. The van der Waals surface area contributed by atoms with E-state index in [0.29, 0.717) is 28.7 Å². The molecule has 0 fully saturated rings. The van der Waals surface area contributed by atoms with Crippen molar-refractivity contribution in [3.8, 4) is 11.5 Å². The van der Waals surface area contributed by atoms with Crippen LogP contribution in [0.1, 0.15) is 29.7 Å². The molecule has 0 radical (unpaired) electrons. The van der Waals surface area contributed by atoms with Crippen LogP contribution in [-0.2, 0) is 6.42 Å². The minimum atomic E-state index is -0.410. The molecule has 4 heterocycles. The average molecular weight is 361 g/mol. The Morgan fingerprint density at radius 3 is 2.81 bits per heavy atom. The molecule has 0 unspecified atom stereocenters. The highest BCUT2D eigenvalue weighted by atomic mass is 16.3. The minimum absolute atomic E-state index is 0.343. The van der Waals surface area contributed by atoms with E-state index >= 15 is 0 Å². The quantitative estimate of drug-likeness (QED) is 0.506. The standard InChI is InChI=1S/C18H15N7O2/c1-2-10-5-7-11(8-6-10)16-13-14(12-4-3-9-27-12)20-21-17(26)15(13)19-18-22-23-24-25(16)18/h3-9,16H,2H2,1H3,(H,21,26)(H,19,22,24)/t16-/m0/s1. The van der Waals surface area contributed by atoms with Crippen molar-refractivity contribution in [3.63, 3.8) is 0 Å². The molecule has 1 aromatic carbocycles. The first-order valence-electron chi connectivity index (χ1n) is 8.56. The maximum atomic E-state index is 12.5. The van der Waals surface area contributed by atoms with Gasteiger partial charge < -0.3 is 9.73 Å². The van der Waals surface area contributed by atoms with Gasteiger partial charge in [-0.25, -0.2) is 5.10 Å². The number of hydrogen-bond acceptors (Lipinski definition) is 7. The summed E-state index contributed by atoms with van der Waals surface area (Å²) in [5.41, 5.74) is 3.39. The van der Waals surface area contributed by atoms with Gasteiger partial charge in [-0.15, -0.1) is 0 Å². The van der Waals surface area contributed by atoms with Crippen molar-refractivity contribution < 1.29 is 4.42 Å². The predicted octanol–water partition coefficient (Wildman–Crippen LogP) is 2.27. The van der Waals surface area contributed by atoms with Crippen molar-refractivity contribution in [1.29, 1.82) is 0 Å². The van der Waals surface area contributed by atoms with Gasteiger partial charge in [-0.3, -0.25) is 4.79 Å². The fourth-order valence-electron chi connectivity index (χ4n) is 3.38. The van der Waals surface area contributed by atoms with Crippen LogP contribution >= 0.6 is 0 Å². The second-order valence-electron chi connectivity index (χ2n) is 6.24. The van der Waals surface area contributed by atoms with Gasteiger partial charge in [0.25, 0.3) is 5.56 Å². The third-order valence-corrected chi connectivity index (χ3v) is 4.73. The van der Waals surface area contributed by atoms with Crippen molar-refractivity contribution in [2.45, 2.75) is 19.4 Å². The summed E-state index contributed by atoms with van der Waals surface area (Å²) in [6.45, 7) is 2.10. The zero-order valence-corrected chi connectivity index (χ0v) is 14.4. The molecule has 0 aliphatic carbocycles. The summed E-state index contributed by atoms with van der Waals surface area (Å²) >= 11 is 0. The SMILES string of the molecule is CCc1ccc([C@H]2c3c(-c4ccco4)n[nH]c(=O)c3Nc3nnnn32)cc1. The van der Waals surface area contributed by atoms with Gasteiger partial charge >= 0.3 is 0 Å². The maximum absolute atomic E-state index is 12.5. The normalized spacial score (nSPS) is 15.1. The molecule has 3 aromatic heterocycles. The van der Waals surface area contributed by atoms with Crippen LogP contribution in [0.2, 0.25) is 0 Å². The Morgan fingerprint density at radius 2 is 2.07 bits per heavy atom. The molecule has 2 N–H and O–H groups in total.